The van der Waals surface area contributed by atoms with Crippen molar-refractivity contribution in [3.05, 3.63) is 17.6 Å². The maximum atomic E-state index is 4.31. The summed E-state index contributed by atoms with van der Waals surface area (Å²) >= 11 is 0. The summed E-state index contributed by atoms with van der Waals surface area (Å²) in [7, 11) is 0. The van der Waals surface area contributed by atoms with Gasteiger partial charge in [0.25, 0.3) is 0 Å². The minimum atomic E-state index is 0.536. The second kappa shape index (κ2) is 3.30. The van der Waals surface area contributed by atoms with Crippen LogP contribution in [-0.2, 0) is 0 Å². The number of hydrogen-bond acceptors (Lipinski definition) is 4. The zero-order valence-corrected chi connectivity index (χ0v) is 7.96. The van der Waals surface area contributed by atoms with E-state index < -0.39 is 0 Å². The molecule has 0 aromatic carbocycles. The maximum Gasteiger partial charge on any atom is 0.130 e. The van der Waals surface area contributed by atoms with E-state index in [1.807, 2.05) is 19.9 Å². The molecule has 70 valence electrons. The first-order chi connectivity index (χ1) is 6.24. The highest BCUT2D eigenvalue weighted by Gasteiger charge is 2.16. The van der Waals surface area contributed by atoms with Gasteiger partial charge in [0.2, 0.25) is 0 Å². The summed E-state index contributed by atoms with van der Waals surface area (Å²) in [6, 6.07) is 2.51. The van der Waals surface area contributed by atoms with Crippen molar-refractivity contribution >= 4 is 5.82 Å². The second-order valence-corrected chi connectivity index (χ2v) is 3.44. The topological polar surface area (TPSA) is 49.8 Å². The van der Waals surface area contributed by atoms with E-state index in [0.717, 1.165) is 30.4 Å². The highest BCUT2D eigenvalue weighted by atomic mass is 15.1. The smallest absolute Gasteiger partial charge is 0.130 e. The molecule has 0 atom stereocenters. The molecule has 1 aliphatic rings. The van der Waals surface area contributed by atoms with E-state index in [9.17, 15) is 0 Å². The Kier molecular flexibility index (Phi) is 2.14. The van der Waals surface area contributed by atoms with Gasteiger partial charge in [0.1, 0.15) is 11.6 Å². The predicted octanol–water partition coefficient (Wildman–Crippen LogP) is 0.477. The largest absolute Gasteiger partial charge is 0.365 e. The van der Waals surface area contributed by atoms with Gasteiger partial charge < -0.3 is 10.6 Å². The van der Waals surface area contributed by atoms with Gasteiger partial charge in [0.15, 0.2) is 0 Å². The standard InChI is InChI=1S/C9H14N4/c1-6-3-9(12-7(2)11-6)13-8-4-10-5-8/h3,8,10H,4-5H2,1-2H3,(H,11,12,13). The molecule has 0 bridgehead atoms. The van der Waals surface area contributed by atoms with Gasteiger partial charge in [-0.1, -0.05) is 0 Å². The third-order valence-electron chi connectivity index (χ3n) is 2.10. The van der Waals surface area contributed by atoms with E-state index in [1.165, 1.54) is 0 Å². The SMILES string of the molecule is Cc1cc(NC2CNC2)nc(C)n1. The van der Waals surface area contributed by atoms with E-state index in [-0.39, 0.29) is 0 Å². The molecule has 1 saturated heterocycles. The highest BCUT2D eigenvalue weighted by Crippen LogP contribution is 2.08. The fourth-order valence-electron chi connectivity index (χ4n) is 1.39. The molecule has 13 heavy (non-hydrogen) atoms. The molecule has 2 rings (SSSR count). The van der Waals surface area contributed by atoms with Crippen LogP contribution in [-0.4, -0.2) is 29.1 Å². The molecule has 4 nitrogen and oxygen atoms in total. The van der Waals surface area contributed by atoms with Crippen molar-refractivity contribution in [3.63, 3.8) is 0 Å². The van der Waals surface area contributed by atoms with Crippen LogP contribution in [0.2, 0.25) is 0 Å². The fourth-order valence-corrected chi connectivity index (χ4v) is 1.39. The number of nitrogens with zero attached hydrogens (tertiary/aromatic N) is 2. The van der Waals surface area contributed by atoms with E-state index >= 15 is 0 Å². The third kappa shape index (κ3) is 1.95. The zero-order chi connectivity index (χ0) is 9.26. The maximum absolute atomic E-state index is 4.31. The van der Waals surface area contributed by atoms with Gasteiger partial charge in [-0.2, -0.15) is 0 Å². The van der Waals surface area contributed by atoms with Crippen LogP contribution in [0.4, 0.5) is 5.82 Å². The van der Waals surface area contributed by atoms with E-state index in [2.05, 4.69) is 20.6 Å². The van der Waals surface area contributed by atoms with Crippen LogP contribution >= 0.6 is 0 Å². The fraction of sp³-hybridized carbons (Fsp3) is 0.556. The normalized spacial score (nSPS) is 16.8. The average molecular weight is 178 g/mol. The van der Waals surface area contributed by atoms with Crippen molar-refractivity contribution in [2.75, 3.05) is 18.4 Å². The first-order valence-corrected chi connectivity index (χ1v) is 4.53. The summed E-state index contributed by atoms with van der Waals surface area (Å²) in [5, 5.41) is 6.55. The zero-order valence-electron chi connectivity index (χ0n) is 7.96. The number of hydrogen-bond donors (Lipinski definition) is 2. The lowest BCUT2D eigenvalue weighted by molar-refractivity contribution is 0.471. The summed E-state index contributed by atoms with van der Waals surface area (Å²) in [6.07, 6.45) is 0. The molecule has 0 saturated carbocycles. The molecule has 0 aliphatic carbocycles. The summed E-state index contributed by atoms with van der Waals surface area (Å²) in [6.45, 7) is 5.96. The average Bonchev–Trinajstić information content (AvgIpc) is 1.95. The van der Waals surface area contributed by atoms with Crippen LogP contribution in [0.25, 0.3) is 0 Å². The van der Waals surface area contributed by atoms with Gasteiger partial charge in [0.05, 0.1) is 6.04 Å². The Labute approximate surface area is 77.8 Å². The highest BCUT2D eigenvalue weighted by molar-refractivity contribution is 5.37. The molecule has 1 aliphatic heterocycles. The molecule has 0 radical (unpaired) electrons. The summed E-state index contributed by atoms with van der Waals surface area (Å²) in [5.41, 5.74) is 1.02. The number of rotatable bonds is 2. The lowest BCUT2D eigenvalue weighted by atomic mass is 10.2. The van der Waals surface area contributed by atoms with Crippen molar-refractivity contribution < 1.29 is 0 Å². The van der Waals surface area contributed by atoms with Gasteiger partial charge >= 0.3 is 0 Å². The van der Waals surface area contributed by atoms with Crippen LogP contribution in [0.3, 0.4) is 0 Å². The Morgan fingerprint density at radius 3 is 2.69 bits per heavy atom. The van der Waals surface area contributed by atoms with Gasteiger partial charge in [0, 0.05) is 24.8 Å². The number of aromatic nitrogens is 2. The minimum absolute atomic E-state index is 0.536. The summed E-state index contributed by atoms with van der Waals surface area (Å²) in [4.78, 5) is 8.52. The molecule has 1 aromatic rings. The second-order valence-electron chi connectivity index (χ2n) is 3.44. The Balaban J connectivity index is 2.10. The van der Waals surface area contributed by atoms with Crippen LogP contribution < -0.4 is 10.6 Å². The Bertz CT molecular complexity index is 286. The molecule has 4 heteroatoms. The summed E-state index contributed by atoms with van der Waals surface area (Å²) < 4.78 is 0. The predicted molar refractivity (Wildman–Crippen MR) is 51.8 cm³/mol. The Hall–Kier alpha value is -1.16. The van der Waals surface area contributed by atoms with Crippen molar-refractivity contribution in [2.24, 2.45) is 0 Å². The molecule has 2 heterocycles. The van der Waals surface area contributed by atoms with Crippen LogP contribution in [0.15, 0.2) is 6.07 Å². The molecule has 1 aromatic heterocycles. The number of aryl methyl sites for hydroxylation is 2. The third-order valence-corrected chi connectivity index (χ3v) is 2.10. The molecule has 0 unspecified atom stereocenters. The van der Waals surface area contributed by atoms with E-state index in [4.69, 9.17) is 0 Å². The minimum Gasteiger partial charge on any atom is -0.365 e. The Morgan fingerprint density at radius 1 is 1.38 bits per heavy atom. The van der Waals surface area contributed by atoms with Crippen LogP contribution in [0, 0.1) is 13.8 Å². The number of nitrogens with one attached hydrogen (secondary N) is 2. The quantitative estimate of drug-likeness (QED) is 0.691. The molecule has 0 amide bonds. The molecular weight excluding hydrogens is 164 g/mol. The van der Waals surface area contributed by atoms with E-state index in [0.29, 0.717) is 6.04 Å². The van der Waals surface area contributed by atoms with Crippen molar-refractivity contribution in [2.45, 2.75) is 19.9 Å². The molecular formula is C9H14N4. The van der Waals surface area contributed by atoms with Gasteiger partial charge in [-0.05, 0) is 13.8 Å². The van der Waals surface area contributed by atoms with Gasteiger partial charge in [-0.15, -0.1) is 0 Å². The first-order valence-electron chi connectivity index (χ1n) is 4.53. The number of anilines is 1. The van der Waals surface area contributed by atoms with E-state index in [1.54, 1.807) is 0 Å². The van der Waals surface area contributed by atoms with Gasteiger partial charge in [-0.25, -0.2) is 9.97 Å². The molecule has 0 spiro atoms. The van der Waals surface area contributed by atoms with Crippen LogP contribution in [0.1, 0.15) is 11.5 Å². The van der Waals surface area contributed by atoms with Crippen LogP contribution in [0.5, 0.6) is 0 Å². The lowest BCUT2D eigenvalue weighted by Gasteiger charge is -2.28. The molecule has 2 N–H and O–H groups in total. The summed E-state index contributed by atoms with van der Waals surface area (Å²) in [5.74, 6) is 1.77. The van der Waals surface area contributed by atoms with Crippen molar-refractivity contribution in [3.8, 4) is 0 Å². The first kappa shape index (κ1) is 8.44. The lowest BCUT2D eigenvalue weighted by Crippen LogP contribution is -2.51. The van der Waals surface area contributed by atoms with Crippen molar-refractivity contribution in [1.82, 2.24) is 15.3 Å². The Morgan fingerprint density at radius 2 is 2.15 bits per heavy atom. The monoisotopic (exact) mass is 178 g/mol. The van der Waals surface area contributed by atoms with Gasteiger partial charge in [-0.3, -0.25) is 0 Å². The van der Waals surface area contributed by atoms with Crippen molar-refractivity contribution in [1.29, 1.82) is 0 Å². The molecule has 1 fully saturated rings.